The van der Waals surface area contributed by atoms with E-state index in [0.717, 1.165) is 5.56 Å². The standard InChI is InChI=1S/C21H23NO5/c1-21(2,3)15-9-6-13(7-10-15)18(23)22-17-12-14(19(24)26-4)8-11-16(17)20(25)27-5/h6-12H,1-5H3,(H,22,23). The van der Waals surface area contributed by atoms with E-state index < -0.39 is 17.8 Å². The van der Waals surface area contributed by atoms with Crippen LogP contribution in [0, 0.1) is 0 Å². The number of anilines is 1. The van der Waals surface area contributed by atoms with Crippen LogP contribution in [-0.2, 0) is 14.9 Å². The maximum absolute atomic E-state index is 12.6. The third kappa shape index (κ3) is 4.73. The number of benzene rings is 2. The molecular formula is C21H23NO5. The van der Waals surface area contributed by atoms with Crippen molar-refractivity contribution in [2.24, 2.45) is 0 Å². The first kappa shape index (κ1) is 20.2. The number of methoxy groups -OCH3 is 2. The highest BCUT2D eigenvalue weighted by atomic mass is 16.5. The van der Waals surface area contributed by atoms with E-state index in [9.17, 15) is 14.4 Å². The van der Waals surface area contributed by atoms with Crippen molar-refractivity contribution in [3.05, 3.63) is 64.7 Å². The Morgan fingerprint density at radius 2 is 1.37 bits per heavy atom. The van der Waals surface area contributed by atoms with E-state index >= 15 is 0 Å². The third-order valence-electron chi connectivity index (χ3n) is 4.11. The summed E-state index contributed by atoms with van der Waals surface area (Å²) in [5, 5.41) is 2.67. The Balaban J connectivity index is 2.35. The number of hydrogen-bond donors (Lipinski definition) is 1. The Hall–Kier alpha value is -3.15. The van der Waals surface area contributed by atoms with Gasteiger partial charge in [0, 0.05) is 5.56 Å². The molecule has 2 rings (SSSR count). The van der Waals surface area contributed by atoms with Crippen LogP contribution in [0.25, 0.3) is 0 Å². The van der Waals surface area contributed by atoms with Crippen LogP contribution >= 0.6 is 0 Å². The average molecular weight is 369 g/mol. The van der Waals surface area contributed by atoms with Crippen molar-refractivity contribution in [3.8, 4) is 0 Å². The van der Waals surface area contributed by atoms with Crippen molar-refractivity contribution in [2.45, 2.75) is 26.2 Å². The number of esters is 2. The smallest absolute Gasteiger partial charge is 0.339 e. The van der Waals surface area contributed by atoms with Gasteiger partial charge in [-0.25, -0.2) is 9.59 Å². The first-order valence-electron chi connectivity index (χ1n) is 8.40. The van der Waals surface area contributed by atoms with Crippen LogP contribution in [0.5, 0.6) is 0 Å². The van der Waals surface area contributed by atoms with Crippen molar-refractivity contribution < 1.29 is 23.9 Å². The molecule has 0 heterocycles. The SMILES string of the molecule is COC(=O)c1ccc(C(=O)OC)c(NC(=O)c2ccc(C(C)(C)C)cc2)c1. The fourth-order valence-corrected chi connectivity index (χ4v) is 2.50. The summed E-state index contributed by atoms with van der Waals surface area (Å²) in [6.07, 6.45) is 0. The largest absolute Gasteiger partial charge is 0.465 e. The highest BCUT2D eigenvalue weighted by molar-refractivity contribution is 6.09. The van der Waals surface area contributed by atoms with Gasteiger partial charge in [0.2, 0.25) is 0 Å². The molecular weight excluding hydrogens is 346 g/mol. The lowest BCUT2D eigenvalue weighted by Crippen LogP contribution is -2.17. The van der Waals surface area contributed by atoms with Crippen LogP contribution in [0.4, 0.5) is 5.69 Å². The van der Waals surface area contributed by atoms with Gasteiger partial charge < -0.3 is 14.8 Å². The molecule has 0 saturated heterocycles. The van der Waals surface area contributed by atoms with Gasteiger partial charge in [-0.1, -0.05) is 32.9 Å². The van der Waals surface area contributed by atoms with E-state index in [1.54, 1.807) is 12.1 Å². The van der Waals surface area contributed by atoms with Gasteiger partial charge in [0.25, 0.3) is 5.91 Å². The van der Waals surface area contributed by atoms with Gasteiger partial charge in [0.05, 0.1) is 31.0 Å². The Labute approximate surface area is 158 Å². The average Bonchev–Trinajstić information content (AvgIpc) is 2.66. The van der Waals surface area contributed by atoms with Gasteiger partial charge in [-0.3, -0.25) is 4.79 Å². The lowest BCUT2D eigenvalue weighted by atomic mass is 9.86. The van der Waals surface area contributed by atoms with E-state index in [1.807, 2.05) is 12.1 Å². The lowest BCUT2D eigenvalue weighted by Gasteiger charge is -2.19. The van der Waals surface area contributed by atoms with Gasteiger partial charge in [-0.05, 0) is 41.3 Å². The Morgan fingerprint density at radius 1 is 0.815 bits per heavy atom. The highest BCUT2D eigenvalue weighted by Crippen LogP contribution is 2.24. The molecule has 0 saturated carbocycles. The molecule has 0 radical (unpaired) electrons. The van der Waals surface area contributed by atoms with Crippen LogP contribution in [0.2, 0.25) is 0 Å². The summed E-state index contributed by atoms with van der Waals surface area (Å²) in [5.74, 6) is -1.59. The molecule has 2 aromatic carbocycles. The quantitative estimate of drug-likeness (QED) is 0.829. The molecule has 27 heavy (non-hydrogen) atoms. The number of rotatable bonds is 4. The number of carbonyl (C=O) groups is 3. The zero-order chi connectivity index (χ0) is 20.2. The molecule has 0 bridgehead atoms. The maximum atomic E-state index is 12.6. The number of amides is 1. The highest BCUT2D eigenvalue weighted by Gasteiger charge is 2.19. The number of carbonyl (C=O) groups excluding carboxylic acids is 3. The minimum absolute atomic E-state index is 0.0259. The summed E-state index contributed by atoms with van der Waals surface area (Å²) >= 11 is 0. The predicted octanol–water partition coefficient (Wildman–Crippen LogP) is 3.81. The zero-order valence-corrected chi connectivity index (χ0v) is 16.1. The molecule has 1 N–H and O–H groups in total. The van der Waals surface area contributed by atoms with Gasteiger partial charge in [-0.2, -0.15) is 0 Å². The summed E-state index contributed by atoms with van der Waals surface area (Å²) in [5.41, 5.74) is 2.04. The summed E-state index contributed by atoms with van der Waals surface area (Å²) in [6, 6.07) is 11.5. The van der Waals surface area contributed by atoms with E-state index in [1.165, 1.54) is 32.4 Å². The first-order valence-corrected chi connectivity index (χ1v) is 8.40. The second kappa shape index (κ2) is 8.03. The summed E-state index contributed by atoms with van der Waals surface area (Å²) in [7, 11) is 2.50. The minimum Gasteiger partial charge on any atom is -0.465 e. The molecule has 142 valence electrons. The van der Waals surface area contributed by atoms with Crippen molar-refractivity contribution >= 4 is 23.5 Å². The molecule has 0 aromatic heterocycles. The number of hydrogen-bond acceptors (Lipinski definition) is 5. The Kier molecular flexibility index (Phi) is 6.00. The molecule has 0 atom stereocenters. The number of ether oxygens (including phenoxy) is 2. The van der Waals surface area contributed by atoms with E-state index in [4.69, 9.17) is 4.74 Å². The van der Waals surface area contributed by atoms with E-state index in [-0.39, 0.29) is 22.2 Å². The Bertz CT molecular complexity index is 863. The van der Waals surface area contributed by atoms with Crippen LogP contribution in [0.1, 0.15) is 57.4 Å². The van der Waals surface area contributed by atoms with Crippen LogP contribution in [0.3, 0.4) is 0 Å². The second-order valence-electron chi connectivity index (χ2n) is 7.03. The molecule has 6 heteroatoms. The number of nitrogens with one attached hydrogen (secondary N) is 1. The molecule has 0 aliphatic rings. The van der Waals surface area contributed by atoms with Gasteiger partial charge in [0.1, 0.15) is 0 Å². The molecule has 0 aliphatic heterocycles. The van der Waals surface area contributed by atoms with Crippen molar-refractivity contribution in [3.63, 3.8) is 0 Å². The van der Waals surface area contributed by atoms with Crippen molar-refractivity contribution in [2.75, 3.05) is 19.5 Å². The van der Waals surface area contributed by atoms with Gasteiger partial charge in [-0.15, -0.1) is 0 Å². The van der Waals surface area contributed by atoms with Gasteiger partial charge >= 0.3 is 11.9 Å². The maximum Gasteiger partial charge on any atom is 0.339 e. The van der Waals surface area contributed by atoms with Crippen molar-refractivity contribution in [1.29, 1.82) is 0 Å². The normalized spacial score (nSPS) is 10.9. The first-order chi connectivity index (χ1) is 12.7. The van der Waals surface area contributed by atoms with Crippen LogP contribution in [0.15, 0.2) is 42.5 Å². The summed E-state index contributed by atoms with van der Waals surface area (Å²) in [4.78, 5) is 36.3. The summed E-state index contributed by atoms with van der Waals surface area (Å²) in [6.45, 7) is 6.26. The molecule has 0 unspecified atom stereocenters. The summed E-state index contributed by atoms with van der Waals surface area (Å²) < 4.78 is 9.42. The van der Waals surface area contributed by atoms with Crippen molar-refractivity contribution in [1.82, 2.24) is 0 Å². The fourth-order valence-electron chi connectivity index (χ4n) is 2.50. The molecule has 1 amide bonds. The monoisotopic (exact) mass is 369 g/mol. The topological polar surface area (TPSA) is 81.7 Å². The van der Waals surface area contributed by atoms with Crippen LogP contribution in [-0.4, -0.2) is 32.1 Å². The fraction of sp³-hybridized carbons (Fsp3) is 0.286. The molecule has 0 aliphatic carbocycles. The zero-order valence-electron chi connectivity index (χ0n) is 16.1. The molecule has 2 aromatic rings. The molecule has 6 nitrogen and oxygen atoms in total. The minimum atomic E-state index is -0.621. The molecule has 0 spiro atoms. The van der Waals surface area contributed by atoms with Gasteiger partial charge in [0.15, 0.2) is 0 Å². The second-order valence-corrected chi connectivity index (χ2v) is 7.03. The molecule has 0 fully saturated rings. The predicted molar refractivity (Wildman–Crippen MR) is 102 cm³/mol. The van der Waals surface area contributed by atoms with E-state index in [0.29, 0.717) is 5.56 Å². The van der Waals surface area contributed by atoms with E-state index in [2.05, 4.69) is 30.8 Å². The third-order valence-corrected chi connectivity index (χ3v) is 4.11. The van der Waals surface area contributed by atoms with Crippen LogP contribution < -0.4 is 5.32 Å². The Morgan fingerprint density at radius 3 is 1.89 bits per heavy atom. The lowest BCUT2D eigenvalue weighted by molar-refractivity contribution is 0.0587.